The van der Waals surface area contributed by atoms with Crippen molar-refractivity contribution in [1.29, 1.82) is 0 Å². The molecule has 0 amide bonds. The van der Waals surface area contributed by atoms with Crippen molar-refractivity contribution in [3.05, 3.63) is 28.5 Å². The quantitative estimate of drug-likeness (QED) is 0.693. The molecule has 0 bridgehead atoms. The van der Waals surface area contributed by atoms with Crippen molar-refractivity contribution in [2.24, 2.45) is 5.92 Å². The lowest BCUT2D eigenvalue weighted by atomic mass is 9.86. The van der Waals surface area contributed by atoms with Gasteiger partial charge < -0.3 is 5.11 Å². The van der Waals surface area contributed by atoms with Crippen LogP contribution in [-0.4, -0.2) is 10.1 Å². The Hall–Kier alpha value is -0.600. The predicted molar refractivity (Wildman–Crippen MR) is 51.7 cm³/mol. The van der Waals surface area contributed by atoms with Gasteiger partial charge >= 0.3 is 0 Å². The van der Waals surface area contributed by atoms with Gasteiger partial charge in [-0.3, -0.25) is 4.98 Å². The average Bonchev–Trinajstić information content (AvgIpc) is 2.07. The fourth-order valence-corrected chi connectivity index (χ4v) is 2.13. The van der Waals surface area contributed by atoms with Crippen molar-refractivity contribution < 1.29 is 5.11 Å². The molecular formula is C10H12ClNO. The maximum absolute atomic E-state index is 9.74. The van der Waals surface area contributed by atoms with E-state index in [1.165, 1.54) is 0 Å². The van der Waals surface area contributed by atoms with Crippen molar-refractivity contribution in [2.45, 2.75) is 25.9 Å². The van der Waals surface area contributed by atoms with E-state index in [1.54, 1.807) is 12.3 Å². The minimum absolute atomic E-state index is 0.433. The molecule has 1 aromatic heterocycles. The Morgan fingerprint density at radius 3 is 3.15 bits per heavy atom. The molecule has 0 saturated heterocycles. The van der Waals surface area contributed by atoms with Gasteiger partial charge in [0.05, 0.1) is 11.8 Å². The fraction of sp³-hybridized carbons (Fsp3) is 0.500. The first-order chi connectivity index (χ1) is 6.18. The second-order valence-electron chi connectivity index (χ2n) is 3.72. The van der Waals surface area contributed by atoms with E-state index in [-0.39, 0.29) is 0 Å². The number of hydrogen-bond donors (Lipinski definition) is 1. The van der Waals surface area contributed by atoms with Gasteiger partial charge in [-0.15, -0.1) is 0 Å². The lowest BCUT2D eigenvalue weighted by Gasteiger charge is -2.25. The number of aromatic nitrogens is 1. The summed E-state index contributed by atoms with van der Waals surface area (Å²) in [7, 11) is 0. The highest BCUT2D eigenvalue weighted by Gasteiger charge is 2.25. The first kappa shape index (κ1) is 8.97. The summed E-state index contributed by atoms with van der Waals surface area (Å²) in [4.78, 5) is 4.16. The van der Waals surface area contributed by atoms with E-state index in [9.17, 15) is 5.11 Å². The zero-order chi connectivity index (χ0) is 9.42. The molecular weight excluding hydrogens is 186 g/mol. The molecule has 0 spiro atoms. The second-order valence-corrected chi connectivity index (χ2v) is 4.12. The highest BCUT2D eigenvalue weighted by atomic mass is 35.5. The molecule has 1 N–H and O–H groups in total. The van der Waals surface area contributed by atoms with Crippen LogP contribution in [-0.2, 0) is 6.42 Å². The molecule has 2 nitrogen and oxygen atoms in total. The minimum Gasteiger partial charge on any atom is -0.387 e. The molecule has 2 atom stereocenters. The summed E-state index contributed by atoms with van der Waals surface area (Å²) in [5.41, 5.74) is 1.79. The minimum atomic E-state index is -0.433. The molecule has 1 aliphatic carbocycles. The third-order valence-electron chi connectivity index (χ3n) is 2.53. The van der Waals surface area contributed by atoms with E-state index in [2.05, 4.69) is 11.9 Å². The van der Waals surface area contributed by atoms with Crippen LogP contribution < -0.4 is 0 Å². The van der Waals surface area contributed by atoms with Crippen LogP contribution in [0.1, 0.15) is 30.7 Å². The third-order valence-corrected chi connectivity index (χ3v) is 2.88. The number of halogens is 1. The van der Waals surface area contributed by atoms with Gasteiger partial charge in [-0.2, -0.15) is 0 Å². The first-order valence-electron chi connectivity index (χ1n) is 4.50. The zero-order valence-corrected chi connectivity index (χ0v) is 8.25. The molecule has 1 aromatic rings. The van der Waals surface area contributed by atoms with E-state index in [0.717, 1.165) is 29.1 Å². The average molecular weight is 198 g/mol. The van der Waals surface area contributed by atoms with Gasteiger partial charge in [0, 0.05) is 11.2 Å². The molecule has 0 radical (unpaired) electrons. The van der Waals surface area contributed by atoms with Gasteiger partial charge in [0.15, 0.2) is 0 Å². The number of nitrogens with zero attached hydrogens (tertiary/aromatic N) is 1. The van der Waals surface area contributed by atoms with Gasteiger partial charge in [0.2, 0.25) is 0 Å². The molecule has 2 unspecified atom stereocenters. The van der Waals surface area contributed by atoms with Crippen LogP contribution in [0.15, 0.2) is 12.3 Å². The Kier molecular flexibility index (Phi) is 2.26. The van der Waals surface area contributed by atoms with Gasteiger partial charge in [0.1, 0.15) is 0 Å². The molecule has 0 fully saturated rings. The summed E-state index contributed by atoms with van der Waals surface area (Å²) in [6.07, 6.45) is 2.94. The Morgan fingerprint density at radius 1 is 1.62 bits per heavy atom. The summed E-state index contributed by atoms with van der Waals surface area (Å²) < 4.78 is 0. The first-order valence-corrected chi connectivity index (χ1v) is 4.87. The van der Waals surface area contributed by atoms with Crippen LogP contribution in [0.5, 0.6) is 0 Å². The fourth-order valence-electron chi connectivity index (χ4n) is 1.90. The summed E-state index contributed by atoms with van der Waals surface area (Å²) in [6.45, 7) is 2.12. The third kappa shape index (κ3) is 1.56. The van der Waals surface area contributed by atoms with Crippen molar-refractivity contribution in [1.82, 2.24) is 4.98 Å². The second kappa shape index (κ2) is 3.28. The van der Waals surface area contributed by atoms with Crippen LogP contribution in [0.3, 0.4) is 0 Å². The number of aliphatic hydroxyl groups is 1. The smallest absolute Gasteiger partial charge is 0.0965 e. The molecule has 1 aliphatic rings. The molecule has 0 saturated carbocycles. The van der Waals surface area contributed by atoms with Crippen molar-refractivity contribution in [2.75, 3.05) is 0 Å². The molecule has 1 heterocycles. The number of fused-ring (bicyclic) bond motifs is 1. The number of aliphatic hydroxyl groups excluding tert-OH is 1. The molecule has 0 aliphatic heterocycles. The lowest BCUT2D eigenvalue weighted by Crippen LogP contribution is -2.18. The molecule has 0 aromatic carbocycles. The Morgan fingerprint density at radius 2 is 2.38 bits per heavy atom. The maximum Gasteiger partial charge on any atom is 0.0965 e. The van der Waals surface area contributed by atoms with Crippen LogP contribution in [0, 0.1) is 5.92 Å². The van der Waals surface area contributed by atoms with Crippen LogP contribution in [0.2, 0.25) is 5.02 Å². The Labute approximate surface area is 82.6 Å². The van der Waals surface area contributed by atoms with Crippen LogP contribution in [0.25, 0.3) is 0 Å². The van der Waals surface area contributed by atoms with Gasteiger partial charge in [0.25, 0.3) is 0 Å². The maximum atomic E-state index is 9.74. The molecule has 70 valence electrons. The highest BCUT2D eigenvalue weighted by molar-refractivity contribution is 6.31. The summed E-state index contributed by atoms with van der Waals surface area (Å²) in [5, 5.41) is 10.5. The van der Waals surface area contributed by atoms with Crippen molar-refractivity contribution in [3.63, 3.8) is 0 Å². The largest absolute Gasteiger partial charge is 0.387 e. The topological polar surface area (TPSA) is 33.1 Å². The van der Waals surface area contributed by atoms with Crippen LogP contribution >= 0.6 is 11.6 Å². The standard InChI is InChI=1S/C10H12ClNO/c1-6-4-7-8(11)2-3-12-10(7)9(13)5-6/h2-3,6,9,13H,4-5H2,1H3. The summed E-state index contributed by atoms with van der Waals surface area (Å²) >= 11 is 6.02. The monoisotopic (exact) mass is 197 g/mol. The van der Waals surface area contributed by atoms with E-state index in [0.29, 0.717) is 5.92 Å². The van der Waals surface area contributed by atoms with Crippen molar-refractivity contribution in [3.8, 4) is 0 Å². The Balaban J connectivity index is 2.49. The number of hydrogen-bond acceptors (Lipinski definition) is 2. The SMILES string of the molecule is CC1Cc2c(Cl)ccnc2C(O)C1. The summed E-state index contributed by atoms with van der Waals surface area (Å²) in [5.74, 6) is 0.490. The van der Waals surface area contributed by atoms with Gasteiger partial charge in [-0.1, -0.05) is 18.5 Å². The van der Waals surface area contributed by atoms with E-state index >= 15 is 0 Å². The van der Waals surface area contributed by atoms with E-state index in [4.69, 9.17) is 11.6 Å². The molecule has 13 heavy (non-hydrogen) atoms. The number of rotatable bonds is 0. The van der Waals surface area contributed by atoms with Gasteiger partial charge in [-0.25, -0.2) is 0 Å². The Bertz CT molecular complexity index is 327. The normalized spacial score (nSPS) is 27.0. The van der Waals surface area contributed by atoms with Crippen molar-refractivity contribution >= 4 is 11.6 Å². The highest BCUT2D eigenvalue weighted by Crippen LogP contribution is 2.34. The van der Waals surface area contributed by atoms with E-state index < -0.39 is 6.10 Å². The predicted octanol–water partition coefficient (Wildman–Crippen LogP) is 2.35. The molecule has 3 heteroatoms. The number of pyridine rings is 1. The van der Waals surface area contributed by atoms with Gasteiger partial charge in [-0.05, 0) is 30.4 Å². The molecule has 2 rings (SSSR count). The summed E-state index contributed by atoms with van der Waals surface area (Å²) in [6, 6.07) is 1.78. The zero-order valence-electron chi connectivity index (χ0n) is 7.50. The lowest BCUT2D eigenvalue weighted by molar-refractivity contribution is 0.131. The van der Waals surface area contributed by atoms with Crippen LogP contribution in [0.4, 0.5) is 0 Å². The van der Waals surface area contributed by atoms with E-state index in [1.807, 2.05) is 0 Å².